The van der Waals surface area contributed by atoms with Gasteiger partial charge in [0.1, 0.15) is 0 Å². The molecule has 39 heavy (non-hydrogen) atoms. The Balaban J connectivity index is 0.000000643. The zero-order valence-electron chi connectivity index (χ0n) is 26.3. The van der Waals surface area contributed by atoms with Gasteiger partial charge in [-0.25, -0.2) is 12.1 Å². The van der Waals surface area contributed by atoms with Crippen molar-refractivity contribution in [2.24, 2.45) is 0 Å². The molecule has 1 heterocycles. The topological polar surface area (TPSA) is 23.6 Å². The van der Waals surface area contributed by atoms with Gasteiger partial charge in [-0.05, 0) is 39.0 Å². The van der Waals surface area contributed by atoms with E-state index in [0.29, 0.717) is 26.2 Å². The number of fused-ring (bicyclic) bond motifs is 1. The third-order valence-corrected chi connectivity index (χ3v) is 14.4. The molecule has 2 radical (unpaired) electrons. The van der Waals surface area contributed by atoms with Gasteiger partial charge >= 0.3 is 27.0 Å². The molecule has 0 atom stereocenters. The van der Waals surface area contributed by atoms with Gasteiger partial charge < -0.3 is 14.4 Å². The first kappa shape index (κ1) is 36.2. The molecule has 0 saturated heterocycles. The molecule has 1 aliphatic rings. The van der Waals surface area contributed by atoms with Gasteiger partial charge in [-0.2, -0.15) is 0 Å². The van der Waals surface area contributed by atoms with Crippen molar-refractivity contribution in [1.82, 2.24) is 0 Å². The second-order valence-electron chi connectivity index (χ2n) is 14.1. The SMILES string of the molecule is CC(C)(C)P(CN1[B]N(CP(C(C)(C)C)C(C)(C)C)c2ccccc21)C(C)(C)C.[CH2-]c1ccccc1[C-]=O.[Rh+2]. The molecule has 0 aliphatic carbocycles. The molecule has 0 amide bonds. The van der Waals surface area contributed by atoms with Crippen LogP contribution in [0.4, 0.5) is 11.4 Å². The predicted molar refractivity (Wildman–Crippen MR) is 175 cm³/mol. The minimum absolute atomic E-state index is 0. The fraction of sp³-hybridized carbons (Fsp3) is 0.562. The van der Waals surface area contributed by atoms with Crippen molar-refractivity contribution in [3.8, 4) is 0 Å². The molecule has 0 aromatic heterocycles. The quantitative estimate of drug-likeness (QED) is 0.183. The maximum atomic E-state index is 10.1. The Hall–Kier alpha value is -0.872. The van der Waals surface area contributed by atoms with Crippen molar-refractivity contribution in [3.05, 3.63) is 66.6 Å². The monoisotopic (exact) mass is 654 g/mol. The first-order valence-corrected chi connectivity index (χ1v) is 16.6. The summed E-state index contributed by atoms with van der Waals surface area (Å²) in [6.07, 6.45) is 4.03. The first-order chi connectivity index (χ1) is 17.3. The molecule has 2 aromatic rings. The van der Waals surface area contributed by atoms with Gasteiger partial charge in [0.05, 0.1) is 0 Å². The molecule has 3 rings (SSSR count). The molecule has 7 heteroatoms. The summed E-state index contributed by atoms with van der Waals surface area (Å²) in [6.45, 7) is 32.7. The van der Waals surface area contributed by atoms with Crippen LogP contribution in [0.25, 0.3) is 0 Å². The zero-order chi connectivity index (χ0) is 29.1. The smallest absolute Gasteiger partial charge is 0.393 e. The molecule has 0 N–H and O–H groups in total. The van der Waals surface area contributed by atoms with Gasteiger partial charge in [0.25, 0.3) is 0 Å². The van der Waals surface area contributed by atoms with Crippen molar-refractivity contribution in [3.63, 3.8) is 0 Å². The van der Waals surface area contributed by atoms with Crippen LogP contribution >= 0.6 is 15.8 Å². The molecule has 216 valence electrons. The number of benzene rings is 2. The standard InChI is InChI=1S/C24H44BN2P2.C8H6O.Rh/c1-21(2,3)28(22(4,5)6)17-26-19-15-13-14-16-20(19)27(25-26)18-29(23(7,8)9)24(10,11)12;1-7-4-2-3-5-8(7)6-9;/h13-16H,17-18H2,1-12H3;2-5H,1H2;/q;-2;+2. The molecule has 0 fully saturated rings. The van der Waals surface area contributed by atoms with Crippen LogP contribution in [0.2, 0.25) is 0 Å². The predicted octanol–water partition coefficient (Wildman–Crippen LogP) is 9.24. The summed E-state index contributed by atoms with van der Waals surface area (Å²) >= 11 is 0. The van der Waals surface area contributed by atoms with E-state index in [1.165, 1.54) is 11.4 Å². The van der Waals surface area contributed by atoms with Crippen LogP contribution in [0.3, 0.4) is 0 Å². The normalized spacial score (nSPS) is 13.9. The number of hydrogen-bond donors (Lipinski definition) is 0. The van der Waals surface area contributed by atoms with E-state index in [2.05, 4.69) is 131 Å². The Morgan fingerprint density at radius 1 is 0.667 bits per heavy atom. The Morgan fingerprint density at radius 2 is 1.00 bits per heavy atom. The number of para-hydroxylation sites is 2. The largest absolute Gasteiger partial charge is 2.00 e. The second-order valence-corrected chi connectivity index (χ2v) is 21.8. The summed E-state index contributed by atoms with van der Waals surface area (Å²) in [5, 5.41) is 1.31. The fourth-order valence-electron chi connectivity index (χ4n) is 5.25. The third kappa shape index (κ3) is 10.2. The van der Waals surface area contributed by atoms with Crippen LogP contribution in [-0.2, 0) is 24.3 Å². The van der Waals surface area contributed by atoms with E-state index in [0.717, 1.165) is 18.1 Å². The molecule has 3 nitrogen and oxygen atoms in total. The zero-order valence-corrected chi connectivity index (χ0v) is 29.8. The summed E-state index contributed by atoms with van der Waals surface area (Å²) < 4.78 is 0. The molecular formula is C32H50BN2OP2Rh. The van der Waals surface area contributed by atoms with Crippen molar-refractivity contribution in [2.45, 2.75) is 104 Å². The van der Waals surface area contributed by atoms with Gasteiger partial charge in [0, 0.05) is 23.9 Å². The number of hydrogen-bond acceptors (Lipinski definition) is 3. The molecule has 1 aliphatic heterocycles. The van der Waals surface area contributed by atoms with Gasteiger partial charge in [-0.3, -0.25) is 18.1 Å². The van der Waals surface area contributed by atoms with E-state index in [-0.39, 0.29) is 35.3 Å². The molecule has 0 bridgehead atoms. The molecule has 2 aromatic carbocycles. The van der Waals surface area contributed by atoms with Crippen molar-refractivity contribution < 1.29 is 24.3 Å². The van der Waals surface area contributed by atoms with Crippen LogP contribution in [0, 0.1) is 6.92 Å². The number of rotatable bonds is 5. The number of carbonyl (C=O) groups excluding carboxylic acids is 1. The fourth-order valence-corrected chi connectivity index (χ4v) is 12.0. The van der Waals surface area contributed by atoms with E-state index in [1.807, 2.05) is 6.07 Å². The van der Waals surface area contributed by atoms with Gasteiger partial charge in [0.15, 0.2) is 0 Å². The van der Waals surface area contributed by atoms with Gasteiger partial charge in [0.2, 0.25) is 0 Å². The first-order valence-electron chi connectivity index (χ1n) is 13.6. The average Bonchev–Trinajstić information content (AvgIpc) is 3.11. The molecule has 0 spiro atoms. The van der Waals surface area contributed by atoms with E-state index >= 15 is 0 Å². The summed E-state index contributed by atoms with van der Waals surface area (Å²) in [5.74, 6) is 0. The average molecular weight is 654 g/mol. The summed E-state index contributed by atoms with van der Waals surface area (Å²) in [6, 6.07) is 16.1. The van der Waals surface area contributed by atoms with Crippen LogP contribution in [0.15, 0.2) is 48.5 Å². The molecule has 0 saturated carbocycles. The number of nitrogens with zero attached hydrogens (tertiary/aromatic N) is 2. The molecular weight excluding hydrogens is 604 g/mol. The Labute approximate surface area is 256 Å². The van der Waals surface area contributed by atoms with E-state index in [9.17, 15) is 4.79 Å². The van der Waals surface area contributed by atoms with Crippen molar-refractivity contribution in [1.29, 1.82) is 0 Å². The summed E-state index contributed by atoms with van der Waals surface area (Å²) in [5.41, 5.74) is 4.03. The Morgan fingerprint density at radius 3 is 1.28 bits per heavy atom. The van der Waals surface area contributed by atoms with Crippen LogP contribution in [-0.4, -0.2) is 47.0 Å². The van der Waals surface area contributed by atoms with E-state index in [4.69, 9.17) is 0 Å². The minimum atomic E-state index is -0.189. The second kappa shape index (κ2) is 13.9. The van der Waals surface area contributed by atoms with Crippen LogP contribution in [0.1, 0.15) is 94.2 Å². The summed E-state index contributed by atoms with van der Waals surface area (Å²) in [4.78, 5) is 15.2. The Bertz CT molecular complexity index is 980. The van der Waals surface area contributed by atoms with Crippen LogP contribution < -0.4 is 9.62 Å². The van der Waals surface area contributed by atoms with Crippen molar-refractivity contribution in [2.75, 3.05) is 22.2 Å². The van der Waals surface area contributed by atoms with Crippen LogP contribution in [0.5, 0.6) is 0 Å². The molecule has 0 unspecified atom stereocenters. The Kier molecular flexibility index (Phi) is 12.9. The van der Waals surface area contributed by atoms with Crippen molar-refractivity contribution >= 4 is 41.1 Å². The van der Waals surface area contributed by atoms with E-state index in [1.54, 1.807) is 24.5 Å². The maximum absolute atomic E-state index is 10.1. The third-order valence-electron chi connectivity index (χ3n) is 6.73. The van der Waals surface area contributed by atoms with Gasteiger partial charge in [-0.15, -0.1) is 12.1 Å². The minimum Gasteiger partial charge on any atom is -0.393 e. The number of anilines is 2. The summed E-state index contributed by atoms with van der Waals surface area (Å²) in [7, 11) is 2.04. The van der Waals surface area contributed by atoms with Gasteiger partial charge in [-0.1, -0.05) is 111 Å². The maximum Gasteiger partial charge on any atom is 2.00 e. The van der Waals surface area contributed by atoms with E-state index < -0.39 is 0 Å².